The molecule has 2 aliphatic heterocycles. The molecule has 0 radical (unpaired) electrons. The molecular weight excluding hydrogens is 226 g/mol. The van der Waals surface area contributed by atoms with Crippen molar-refractivity contribution in [2.24, 2.45) is 0 Å². The SMILES string of the molecule is CC(C)n1ncnc1CN1CCC2CCC(C1)N2. The molecule has 2 bridgehead atoms. The molecule has 0 aromatic carbocycles. The van der Waals surface area contributed by atoms with E-state index >= 15 is 0 Å². The van der Waals surface area contributed by atoms with E-state index in [1.807, 2.05) is 4.68 Å². The van der Waals surface area contributed by atoms with Crippen LogP contribution in [-0.4, -0.2) is 44.8 Å². The highest BCUT2D eigenvalue weighted by molar-refractivity contribution is 4.93. The zero-order valence-electron chi connectivity index (χ0n) is 11.3. The first-order valence-corrected chi connectivity index (χ1v) is 7.09. The monoisotopic (exact) mass is 249 g/mol. The van der Waals surface area contributed by atoms with Crippen LogP contribution in [0.3, 0.4) is 0 Å². The molecule has 2 unspecified atom stereocenters. The average Bonchev–Trinajstić information content (AvgIpc) is 2.88. The lowest BCUT2D eigenvalue weighted by molar-refractivity contribution is 0.238. The normalized spacial score (nSPS) is 28.8. The van der Waals surface area contributed by atoms with Crippen molar-refractivity contribution in [3.8, 4) is 0 Å². The summed E-state index contributed by atoms with van der Waals surface area (Å²) in [5.41, 5.74) is 0. The summed E-state index contributed by atoms with van der Waals surface area (Å²) in [5, 5.41) is 8.03. The van der Waals surface area contributed by atoms with Gasteiger partial charge in [0, 0.05) is 31.2 Å². The van der Waals surface area contributed by atoms with Crippen LogP contribution in [0.15, 0.2) is 6.33 Å². The Morgan fingerprint density at radius 1 is 1.33 bits per heavy atom. The Balaban J connectivity index is 1.67. The highest BCUT2D eigenvalue weighted by Crippen LogP contribution is 2.21. The van der Waals surface area contributed by atoms with Crippen molar-refractivity contribution in [2.75, 3.05) is 13.1 Å². The maximum absolute atomic E-state index is 4.41. The van der Waals surface area contributed by atoms with E-state index in [4.69, 9.17) is 0 Å². The smallest absolute Gasteiger partial charge is 0.141 e. The lowest BCUT2D eigenvalue weighted by Crippen LogP contribution is -2.35. The van der Waals surface area contributed by atoms with E-state index in [2.05, 4.69) is 34.1 Å². The molecule has 3 heterocycles. The van der Waals surface area contributed by atoms with Gasteiger partial charge >= 0.3 is 0 Å². The number of fused-ring (bicyclic) bond motifs is 2. The van der Waals surface area contributed by atoms with Crippen LogP contribution in [0.4, 0.5) is 0 Å². The lowest BCUT2D eigenvalue weighted by atomic mass is 10.1. The molecule has 100 valence electrons. The minimum atomic E-state index is 0.393. The zero-order chi connectivity index (χ0) is 12.5. The van der Waals surface area contributed by atoms with Gasteiger partial charge in [-0.1, -0.05) is 0 Å². The number of nitrogens with one attached hydrogen (secondary N) is 1. The summed E-state index contributed by atoms with van der Waals surface area (Å²) in [6.07, 6.45) is 5.64. The molecule has 0 spiro atoms. The van der Waals surface area contributed by atoms with Crippen LogP contribution in [0.5, 0.6) is 0 Å². The summed E-state index contributed by atoms with van der Waals surface area (Å²) in [7, 11) is 0. The first kappa shape index (κ1) is 12.1. The Hall–Kier alpha value is -0.940. The Morgan fingerprint density at radius 3 is 3.00 bits per heavy atom. The molecule has 0 amide bonds. The average molecular weight is 249 g/mol. The van der Waals surface area contributed by atoms with E-state index < -0.39 is 0 Å². The molecule has 3 rings (SSSR count). The standard InChI is InChI=1S/C13H23N5/c1-10(2)18-13(14-9-15-18)8-17-6-5-11-3-4-12(7-17)16-11/h9-12,16H,3-8H2,1-2H3. The fraction of sp³-hybridized carbons (Fsp3) is 0.846. The van der Waals surface area contributed by atoms with Crippen LogP contribution in [0.1, 0.15) is 45.0 Å². The molecule has 0 saturated carbocycles. The molecule has 18 heavy (non-hydrogen) atoms. The van der Waals surface area contributed by atoms with Gasteiger partial charge in [-0.25, -0.2) is 9.67 Å². The van der Waals surface area contributed by atoms with E-state index in [1.165, 1.54) is 25.8 Å². The summed E-state index contributed by atoms with van der Waals surface area (Å²) in [6, 6.07) is 1.83. The number of aromatic nitrogens is 3. The van der Waals surface area contributed by atoms with Crippen molar-refractivity contribution >= 4 is 0 Å². The van der Waals surface area contributed by atoms with Crippen molar-refractivity contribution in [3.05, 3.63) is 12.2 Å². The third kappa shape index (κ3) is 2.42. The van der Waals surface area contributed by atoms with Crippen molar-refractivity contribution in [1.29, 1.82) is 0 Å². The van der Waals surface area contributed by atoms with Gasteiger partial charge in [0.15, 0.2) is 0 Å². The second-order valence-electron chi connectivity index (χ2n) is 5.88. The van der Waals surface area contributed by atoms with Crippen LogP contribution >= 0.6 is 0 Å². The van der Waals surface area contributed by atoms with Crippen LogP contribution in [0.2, 0.25) is 0 Å². The van der Waals surface area contributed by atoms with Gasteiger partial charge in [0.2, 0.25) is 0 Å². The fourth-order valence-corrected chi connectivity index (χ4v) is 3.18. The molecule has 2 atom stereocenters. The van der Waals surface area contributed by atoms with Gasteiger partial charge in [0.05, 0.1) is 6.54 Å². The van der Waals surface area contributed by atoms with Crippen molar-refractivity contribution in [1.82, 2.24) is 25.0 Å². The second-order valence-corrected chi connectivity index (χ2v) is 5.88. The number of nitrogens with zero attached hydrogens (tertiary/aromatic N) is 4. The van der Waals surface area contributed by atoms with Crippen LogP contribution in [0, 0.1) is 0 Å². The van der Waals surface area contributed by atoms with Gasteiger partial charge in [0.1, 0.15) is 12.2 Å². The van der Waals surface area contributed by atoms with E-state index in [9.17, 15) is 0 Å². The van der Waals surface area contributed by atoms with Crippen LogP contribution in [0.25, 0.3) is 0 Å². The molecule has 1 aromatic rings. The topological polar surface area (TPSA) is 46.0 Å². The van der Waals surface area contributed by atoms with E-state index in [0.717, 1.165) is 25.0 Å². The molecule has 1 aromatic heterocycles. The van der Waals surface area contributed by atoms with Crippen molar-refractivity contribution < 1.29 is 0 Å². The van der Waals surface area contributed by atoms with Gasteiger partial charge < -0.3 is 5.32 Å². The van der Waals surface area contributed by atoms with Gasteiger partial charge in [0.25, 0.3) is 0 Å². The molecule has 5 nitrogen and oxygen atoms in total. The third-order valence-corrected chi connectivity index (χ3v) is 4.11. The van der Waals surface area contributed by atoms with Crippen molar-refractivity contribution in [3.63, 3.8) is 0 Å². The maximum Gasteiger partial charge on any atom is 0.141 e. The van der Waals surface area contributed by atoms with Crippen LogP contribution < -0.4 is 5.32 Å². The molecule has 1 N–H and O–H groups in total. The zero-order valence-corrected chi connectivity index (χ0v) is 11.3. The van der Waals surface area contributed by atoms with Crippen LogP contribution in [-0.2, 0) is 6.54 Å². The van der Waals surface area contributed by atoms with Gasteiger partial charge in [-0.05, 0) is 33.1 Å². The summed E-state index contributed by atoms with van der Waals surface area (Å²) in [5.74, 6) is 1.10. The maximum atomic E-state index is 4.41. The molecule has 2 fully saturated rings. The summed E-state index contributed by atoms with van der Waals surface area (Å²) < 4.78 is 2.04. The minimum Gasteiger partial charge on any atom is -0.310 e. The highest BCUT2D eigenvalue weighted by Gasteiger charge is 2.29. The molecule has 2 saturated heterocycles. The number of likely N-dealkylation sites (tertiary alicyclic amines) is 1. The number of hydrogen-bond donors (Lipinski definition) is 1. The largest absolute Gasteiger partial charge is 0.310 e. The summed E-state index contributed by atoms with van der Waals surface area (Å²) >= 11 is 0. The Kier molecular flexibility index (Phi) is 3.35. The molecule has 2 aliphatic rings. The summed E-state index contributed by atoms with van der Waals surface area (Å²) in [4.78, 5) is 6.94. The van der Waals surface area contributed by atoms with E-state index in [-0.39, 0.29) is 0 Å². The van der Waals surface area contributed by atoms with E-state index in [0.29, 0.717) is 12.1 Å². The molecule has 5 heteroatoms. The third-order valence-electron chi connectivity index (χ3n) is 4.11. The van der Waals surface area contributed by atoms with Crippen molar-refractivity contribution in [2.45, 2.75) is 57.8 Å². The van der Waals surface area contributed by atoms with E-state index in [1.54, 1.807) is 6.33 Å². The first-order chi connectivity index (χ1) is 8.72. The van der Waals surface area contributed by atoms with Gasteiger partial charge in [-0.3, -0.25) is 4.90 Å². The first-order valence-electron chi connectivity index (χ1n) is 7.09. The quantitative estimate of drug-likeness (QED) is 0.874. The Bertz CT molecular complexity index is 400. The molecule has 0 aliphatic carbocycles. The Labute approximate surface area is 109 Å². The number of rotatable bonds is 3. The van der Waals surface area contributed by atoms with Gasteiger partial charge in [-0.15, -0.1) is 0 Å². The predicted molar refractivity (Wildman–Crippen MR) is 70.2 cm³/mol. The van der Waals surface area contributed by atoms with Gasteiger partial charge in [-0.2, -0.15) is 5.10 Å². The predicted octanol–water partition coefficient (Wildman–Crippen LogP) is 1.19. The number of hydrogen-bond acceptors (Lipinski definition) is 4. The fourth-order valence-electron chi connectivity index (χ4n) is 3.18. The minimum absolute atomic E-state index is 0.393. The summed E-state index contributed by atoms with van der Waals surface area (Å²) in [6.45, 7) is 7.58. The Morgan fingerprint density at radius 2 is 2.17 bits per heavy atom. The molecular formula is C13H23N5. The lowest BCUT2D eigenvalue weighted by Gasteiger charge is -2.24. The highest BCUT2D eigenvalue weighted by atomic mass is 15.4. The second kappa shape index (κ2) is 4.97.